The average molecular weight is 303 g/mol. The van der Waals surface area contributed by atoms with Crippen molar-refractivity contribution in [2.75, 3.05) is 13.1 Å². The van der Waals surface area contributed by atoms with Crippen molar-refractivity contribution in [2.45, 2.75) is 45.4 Å². The van der Waals surface area contributed by atoms with Crippen LogP contribution in [0.15, 0.2) is 24.3 Å². The lowest BCUT2D eigenvalue weighted by Gasteiger charge is -2.32. The highest BCUT2D eigenvalue weighted by Crippen LogP contribution is 2.22. The van der Waals surface area contributed by atoms with Gasteiger partial charge in [-0.15, -0.1) is 0 Å². The zero-order chi connectivity index (χ0) is 15.9. The van der Waals surface area contributed by atoms with Crippen LogP contribution in [0, 0.1) is 5.92 Å². The lowest BCUT2D eigenvalue weighted by molar-refractivity contribution is -0.137. The fourth-order valence-corrected chi connectivity index (χ4v) is 3.10. The Hall–Kier alpha value is -1.84. The molecule has 0 spiro atoms. The summed E-state index contributed by atoms with van der Waals surface area (Å²) in [5.74, 6) is -0.369. The van der Waals surface area contributed by atoms with E-state index in [0.717, 1.165) is 37.8 Å². The van der Waals surface area contributed by atoms with Crippen molar-refractivity contribution >= 4 is 11.9 Å². The number of piperidine rings is 1. The first-order valence-electron chi connectivity index (χ1n) is 8.20. The minimum atomic E-state index is -0.755. The lowest BCUT2D eigenvalue weighted by atomic mass is 9.93. The molecule has 2 rings (SSSR count). The molecule has 1 atom stereocenters. The molecule has 1 heterocycles. The molecular weight excluding hydrogens is 278 g/mol. The van der Waals surface area contributed by atoms with Gasteiger partial charge >= 0.3 is 5.97 Å². The summed E-state index contributed by atoms with van der Waals surface area (Å²) < 4.78 is 0. The number of benzene rings is 1. The number of hydrogen-bond acceptors (Lipinski definition) is 2. The zero-order valence-corrected chi connectivity index (χ0v) is 13.3. The maximum absolute atomic E-state index is 12.6. The second-order valence-electron chi connectivity index (χ2n) is 6.14. The van der Waals surface area contributed by atoms with Crippen molar-refractivity contribution < 1.29 is 14.7 Å². The van der Waals surface area contributed by atoms with E-state index < -0.39 is 5.97 Å². The van der Waals surface area contributed by atoms with Gasteiger partial charge in [0.25, 0.3) is 5.91 Å². The van der Waals surface area contributed by atoms with Gasteiger partial charge in [0.1, 0.15) is 0 Å². The van der Waals surface area contributed by atoms with Crippen LogP contribution in [-0.2, 0) is 11.2 Å². The first kappa shape index (κ1) is 16.5. The standard InChI is InChI=1S/C18H25NO3/c1-2-4-14-6-9-16(10-7-14)18(22)19-12-3-5-15(13-19)8-11-17(20)21/h6-7,9-10,15H,2-5,8,11-13H2,1H3,(H,20,21)/t15-/m1/s1. The molecular formula is C18H25NO3. The molecule has 1 aromatic rings. The molecule has 0 unspecified atom stereocenters. The highest BCUT2D eigenvalue weighted by molar-refractivity contribution is 5.94. The van der Waals surface area contributed by atoms with Crippen LogP contribution in [0.2, 0.25) is 0 Å². The van der Waals surface area contributed by atoms with Gasteiger partial charge in [0.2, 0.25) is 0 Å². The van der Waals surface area contributed by atoms with Gasteiger partial charge in [-0.25, -0.2) is 0 Å². The number of amides is 1. The average Bonchev–Trinajstić information content (AvgIpc) is 2.53. The van der Waals surface area contributed by atoms with Crippen molar-refractivity contribution in [1.29, 1.82) is 0 Å². The summed E-state index contributed by atoms with van der Waals surface area (Å²) in [6, 6.07) is 7.88. The second-order valence-corrected chi connectivity index (χ2v) is 6.14. The van der Waals surface area contributed by atoms with Gasteiger partial charge in [-0.3, -0.25) is 9.59 Å². The van der Waals surface area contributed by atoms with E-state index in [1.807, 2.05) is 29.2 Å². The van der Waals surface area contributed by atoms with Crippen LogP contribution < -0.4 is 0 Å². The van der Waals surface area contributed by atoms with Gasteiger partial charge in [-0.2, -0.15) is 0 Å². The first-order chi connectivity index (χ1) is 10.6. The van der Waals surface area contributed by atoms with Crippen LogP contribution in [-0.4, -0.2) is 35.0 Å². The zero-order valence-electron chi connectivity index (χ0n) is 13.3. The monoisotopic (exact) mass is 303 g/mol. The Bertz CT molecular complexity index is 510. The first-order valence-corrected chi connectivity index (χ1v) is 8.20. The van der Waals surface area contributed by atoms with Crippen LogP contribution >= 0.6 is 0 Å². The number of aryl methyl sites for hydroxylation is 1. The molecule has 0 radical (unpaired) electrons. The Labute approximate surface area is 132 Å². The highest BCUT2D eigenvalue weighted by Gasteiger charge is 2.24. The Balaban J connectivity index is 1.94. The third-order valence-corrected chi connectivity index (χ3v) is 4.31. The minimum absolute atomic E-state index is 0.0723. The normalized spacial score (nSPS) is 18.2. The van der Waals surface area contributed by atoms with E-state index in [4.69, 9.17) is 5.11 Å². The van der Waals surface area contributed by atoms with Gasteiger partial charge in [-0.05, 0) is 49.3 Å². The summed E-state index contributed by atoms with van der Waals surface area (Å²) >= 11 is 0. The maximum atomic E-state index is 12.6. The molecule has 120 valence electrons. The Morgan fingerprint density at radius 3 is 2.64 bits per heavy atom. The van der Waals surface area contributed by atoms with Crippen LogP contribution in [0.25, 0.3) is 0 Å². The number of carboxylic acid groups (broad SMARTS) is 1. The predicted molar refractivity (Wildman–Crippen MR) is 85.9 cm³/mol. The van der Waals surface area contributed by atoms with Gasteiger partial charge in [0.15, 0.2) is 0 Å². The Morgan fingerprint density at radius 1 is 1.27 bits per heavy atom. The number of carbonyl (C=O) groups is 2. The van der Waals surface area contributed by atoms with Gasteiger partial charge in [0, 0.05) is 25.1 Å². The summed E-state index contributed by atoms with van der Waals surface area (Å²) in [4.78, 5) is 25.1. The summed E-state index contributed by atoms with van der Waals surface area (Å²) in [5, 5.41) is 8.79. The molecule has 1 aromatic carbocycles. The van der Waals surface area contributed by atoms with Gasteiger partial charge in [-0.1, -0.05) is 25.5 Å². The Morgan fingerprint density at radius 2 is 2.00 bits per heavy atom. The van der Waals surface area contributed by atoms with E-state index in [1.54, 1.807) is 0 Å². The molecule has 22 heavy (non-hydrogen) atoms. The topological polar surface area (TPSA) is 57.6 Å². The maximum Gasteiger partial charge on any atom is 0.303 e. The fourth-order valence-electron chi connectivity index (χ4n) is 3.10. The molecule has 0 bridgehead atoms. The summed E-state index contributed by atoms with van der Waals surface area (Å²) in [5.41, 5.74) is 2.00. The van der Waals surface area contributed by atoms with Crippen molar-refractivity contribution in [3.8, 4) is 0 Å². The van der Waals surface area contributed by atoms with Crippen molar-refractivity contribution in [3.05, 3.63) is 35.4 Å². The van der Waals surface area contributed by atoms with Crippen molar-refractivity contribution in [3.63, 3.8) is 0 Å². The summed E-state index contributed by atoms with van der Waals surface area (Å²) in [6.45, 7) is 3.60. The van der Waals surface area contributed by atoms with Gasteiger partial charge in [0.05, 0.1) is 0 Å². The number of rotatable bonds is 6. The minimum Gasteiger partial charge on any atom is -0.481 e. The predicted octanol–water partition coefficient (Wildman–Crippen LogP) is 3.36. The third kappa shape index (κ3) is 4.58. The quantitative estimate of drug-likeness (QED) is 0.876. The third-order valence-electron chi connectivity index (χ3n) is 4.31. The molecule has 1 fully saturated rings. The number of aliphatic carboxylic acids is 1. The van der Waals surface area contributed by atoms with Crippen LogP contribution in [0.3, 0.4) is 0 Å². The number of nitrogens with zero attached hydrogens (tertiary/aromatic N) is 1. The van der Waals surface area contributed by atoms with Crippen LogP contribution in [0.1, 0.15) is 54.9 Å². The summed E-state index contributed by atoms with van der Waals surface area (Å²) in [7, 11) is 0. The van der Waals surface area contributed by atoms with E-state index in [9.17, 15) is 9.59 Å². The molecule has 1 saturated heterocycles. The molecule has 1 N–H and O–H groups in total. The van der Waals surface area contributed by atoms with Crippen molar-refractivity contribution in [1.82, 2.24) is 4.90 Å². The number of carboxylic acids is 1. The van der Waals surface area contributed by atoms with Crippen LogP contribution in [0.5, 0.6) is 0 Å². The molecule has 0 aromatic heterocycles. The van der Waals surface area contributed by atoms with Gasteiger partial charge < -0.3 is 10.0 Å². The molecule has 0 aliphatic carbocycles. The van der Waals surface area contributed by atoms with E-state index in [1.165, 1.54) is 5.56 Å². The Kier molecular flexibility index (Phi) is 5.99. The van der Waals surface area contributed by atoms with E-state index in [-0.39, 0.29) is 12.3 Å². The van der Waals surface area contributed by atoms with Crippen molar-refractivity contribution in [2.24, 2.45) is 5.92 Å². The second kappa shape index (κ2) is 7.97. The number of hydrogen-bond donors (Lipinski definition) is 1. The highest BCUT2D eigenvalue weighted by atomic mass is 16.4. The van der Waals surface area contributed by atoms with E-state index in [2.05, 4.69) is 6.92 Å². The largest absolute Gasteiger partial charge is 0.481 e. The fraction of sp³-hybridized carbons (Fsp3) is 0.556. The SMILES string of the molecule is CCCc1ccc(C(=O)N2CCC[C@H](CCC(=O)O)C2)cc1. The number of carbonyl (C=O) groups excluding carboxylic acids is 1. The molecule has 1 amide bonds. The molecule has 1 aliphatic rings. The molecule has 4 nitrogen and oxygen atoms in total. The molecule has 4 heteroatoms. The van der Waals surface area contributed by atoms with E-state index in [0.29, 0.717) is 18.9 Å². The number of likely N-dealkylation sites (tertiary alicyclic amines) is 1. The summed E-state index contributed by atoms with van der Waals surface area (Å²) in [6.07, 6.45) is 4.98. The van der Waals surface area contributed by atoms with E-state index >= 15 is 0 Å². The lowest BCUT2D eigenvalue weighted by Crippen LogP contribution is -2.40. The molecule has 1 aliphatic heterocycles. The molecule has 0 saturated carbocycles. The van der Waals surface area contributed by atoms with Crippen LogP contribution in [0.4, 0.5) is 0 Å². The smallest absolute Gasteiger partial charge is 0.303 e.